The van der Waals surface area contributed by atoms with E-state index in [1.807, 2.05) is 31.2 Å². The van der Waals surface area contributed by atoms with Crippen molar-refractivity contribution < 1.29 is 9.32 Å². The molecule has 1 heterocycles. The molecule has 2 aromatic rings. The first-order valence-corrected chi connectivity index (χ1v) is 5.55. The second kappa shape index (κ2) is 6.86. The molecule has 0 atom stereocenters. The van der Waals surface area contributed by atoms with E-state index in [1.165, 1.54) is 0 Å². The summed E-state index contributed by atoms with van der Waals surface area (Å²) in [7, 11) is 0. The number of nitrogens with one attached hydrogen (secondary N) is 1. The Labute approximate surface area is 116 Å². The molecule has 19 heavy (non-hydrogen) atoms. The van der Waals surface area contributed by atoms with Crippen LogP contribution in [-0.2, 0) is 11.3 Å². The van der Waals surface area contributed by atoms with Crippen LogP contribution in [0.25, 0.3) is 11.4 Å². The Hall–Kier alpha value is -1.92. The molecule has 0 radical (unpaired) electrons. The summed E-state index contributed by atoms with van der Waals surface area (Å²) < 4.78 is 5.03. The molecule has 1 aromatic heterocycles. The molecule has 0 fully saturated rings. The number of carbonyl (C=O) groups is 1. The molecule has 1 aromatic carbocycles. The second-order valence-electron chi connectivity index (χ2n) is 3.86. The molecular formula is C12H15ClN4O2. The van der Waals surface area contributed by atoms with E-state index in [2.05, 4.69) is 15.5 Å². The predicted molar refractivity (Wildman–Crippen MR) is 72.6 cm³/mol. The Morgan fingerprint density at radius 2 is 2.05 bits per heavy atom. The average molecular weight is 283 g/mol. The van der Waals surface area contributed by atoms with Crippen molar-refractivity contribution in [2.24, 2.45) is 5.73 Å². The van der Waals surface area contributed by atoms with Gasteiger partial charge >= 0.3 is 0 Å². The van der Waals surface area contributed by atoms with Gasteiger partial charge in [0.05, 0.1) is 13.1 Å². The summed E-state index contributed by atoms with van der Waals surface area (Å²) in [5, 5.41) is 6.41. The monoisotopic (exact) mass is 282 g/mol. The number of aromatic nitrogens is 2. The van der Waals surface area contributed by atoms with E-state index >= 15 is 0 Å². The van der Waals surface area contributed by atoms with Gasteiger partial charge < -0.3 is 15.6 Å². The first-order valence-electron chi connectivity index (χ1n) is 5.55. The van der Waals surface area contributed by atoms with E-state index < -0.39 is 0 Å². The highest BCUT2D eigenvalue weighted by atomic mass is 35.5. The maximum atomic E-state index is 11.0. The average Bonchev–Trinajstić information content (AvgIpc) is 2.85. The first kappa shape index (κ1) is 15.1. The molecule has 0 aliphatic rings. The molecule has 6 nitrogen and oxygen atoms in total. The number of nitrogens with zero attached hydrogens (tertiary/aromatic N) is 2. The van der Waals surface area contributed by atoms with E-state index in [4.69, 9.17) is 10.3 Å². The zero-order valence-corrected chi connectivity index (χ0v) is 11.2. The maximum absolute atomic E-state index is 11.0. The largest absolute Gasteiger partial charge is 0.346 e. The summed E-state index contributed by atoms with van der Waals surface area (Å²) >= 11 is 0. The first-order chi connectivity index (χ1) is 8.69. The van der Waals surface area contributed by atoms with Gasteiger partial charge in [0, 0.05) is 5.56 Å². The fraction of sp³-hybridized carbons (Fsp3) is 0.250. The fourth-order valence-electron chi connectivity index (χ4n) is 1.39. The van der Waals surface area contributed by atoms with Crippen LogP contribution >= 0.6 is 12.4 Å². The number of halogens is 1. The number of benzene rings is 1. The molecule has 0 saturated carbocycles. The van der Waals surface area contributed by atoms with Gasteiger partial charge in [0.15, 0.2) is 0 Å². The number of aryl methyl sites for hydroxylation is 1. The van der Waals surface area contributed by atoms with Crippen molar-refractivity contribution in [1.29, 1.82) is 0 Å². The zero-order valence-electron chi connectivity index (χ0n) is 10.4. The molecule has 0 spiro atoms. The van der Waals surface area contributed by atoms with Crippen LogP contribution in [0.2, 0.25) is 0 Å². The molecule has 0 unspecified atom stereocenters. The van der Waals surface area contributed by atoms with Crippen LogP contribution in [0, 0.1) is 6.92 Å². The van der Waals surface area contributed by atoms with Crippen LogP contribution < -0.4 is 11.1 Å². The summed E-state index contributed by atoms with van der Waals surface area (Å²) in [6, 6.07) is 7.79. The van der Waals surface area contributed by atoms with Gasteiger partial charge in [-0.25, -0.2) is 0 Å². The molecule has 0 bridgehead atoms. The van der Waals surface area contributed by atoms with Gasteiger partial charge in [-0.05, 0) is 6.92 Å². The standard InChI is InChI=1S/C12H14N4O2.ClH/c1-8-2-4-9(5-3-8)12-15-11(18-16-12)7-14-10(17)6-13;/h2-5H,6-7,13H2,1H3,(H,14,17);1H. The maximum Gasteiger partial charge on any atom is 0.246 e. The third kappa shape index (κ3) is 4.04. The number of hydrogen-bond acceptors (Lipinski definition) is 5. The Kier molecular flexibility index (Phi) is 5.47. The van der Waals surface area contributed by atoms with Gasteiger partial charge in [-0.1, -0.05) is 35.0 Å². The fourth-order valence-corrected chi connectivity index (χ4v) is 1.39. The number of nitrogens with two attached hydrogens (primary N) is 1. The van der Waals surface area contributed by atoms with E-state index in [-0.39, 0.29) is 31.4 Å². The van der Waals surface area contributed by atoms with E-state index in [9.17, 15) is 4.79 Å². The molecule has 7 heteroatoms. The molecule has 1 amide bonds. The molecule has 2 rings (SSSR count). The van der Waals surface area contributed by atoms with Crippen molar-refractivity contribution in [2.75, 3.05) is 6.54 Å². The Morgan fingerprint density at radius 3 is 2.68 bits per heavy atom. The summed E-state index contributed by atoms with van der Waals surface area (Å²) in [6.07, 6.45) is 0. The van der Waals surface area contributed by atoms with Gasteiger partial charge in [0.2, 0.25) is 17.6 Å². The van der Waals surface area contributed by atoms with Crippen LogP contribution in [0.5, 0.6) is 0 Å². The van der Waals surface area contributed by atoms with Gasteiger partial charge in [-0.15, -0.1) is 12.4 Å². The van der Waals surface area contributed by atoms with Crippen molar-refractivity contribution in [3.05, 3.63) is 35.7 Å². The predicted octanol–water partition coefficient (Wildman–Crippen LogP) is 1.04. The van der Waals surface area contributed by atoms with Crippen LogP contribution in [-0.4, -0.2) is 22.6 Å². The number of rotatable bonds is 4. The molecular weight excluding hydrogens is 268 g/mol. The number of hydrogen-bond donors (Lipinski definition) is 2. The van der Waals surface area contributed by atoms with Gasteiger partial charge in [0.25, 0.3) is 0 Å². The third-order valence-corrected chi connectivity index (χ3v) is 2.40. The Balaban J connectivity index is 0.00000180. The van der Waals surface area contributed by atoms with Crippen molar-refractivity contribution in [3.63, 3.8) is 0 Å². The van der Waals surface area contributed by atoms with E-state index in [0.29, 0.717) is 11.7 Å². The van der Waals surface area contributed by atoms with Crippen molar-refractivity contribution in [2.45, 2.75) is 13.5 Å². The topological polar surface area (TPSA) is 94.0 Å². The van der Waals surface area contributed by atoms with Crippen LogP contribution in [0.15, 0.2) is 28.8 Å². The van der Waals surface area contributed by atoms with E-state index in [1.54, 1.807) is 0 Å². The molecule has 0 saturated heterocycles. The molecule has 102 valence electrons. The molecule has 0 aliphatic heterocycles. The van der Waals surface area contributed by atoms with Gasteiger partial charge in [-0.3, -0.25) is 4.79 Å². The second-order valence-corrected chi connectivity index (χ2v) is 3.86. The van der Waals surface area contributed by atoms with Crippen LogP contribution in [0.3, 0.4) is 0 Å². The molecule has 0 aliphatic carbocycles. The van der Waals surface area contributed by atoms with Gasteiger partial charge in [-0.2, -0.15) is 4.98 Å². The highest BCUT2D eigenvalue weighted by Crippen LogP contribution is 2.16. The van der Waals surface area contributed by atoms with Crippen LogP contribution in [0.4, 0.5) is 0 Å². The minimum absolute atomic E-state index is 0. The lowest BCUT2D eigenvalue weighted by molar-refractivity contribution is -0.120. The normalized spacial score (nSPS) is 9.79. The number of carbonyl (C=O) groups excluding carboxylic acids is 1. The highest BCUT2D eigenvalue weighted by molar-refractivity contribution is 5.85. The minimum atomic E-state index is -0.259. The SMILES string of the molecule is Cc1ccc(-c2noc(CNC(=O)CN)n2)cc1.Cl. The lowest BCUT2D eigenvalue weighted by Crippen LogP contribution is -2.29. The van der Waals surface area contributed by atoms with E-state index in [0.717, 1.165) is 11.1 Å². The van der Waals surface area contributed by atoms with Crippen LogP contribution in [0.1, 0.15) is 11.5 Å². The van der Waals surface area contributed by atoms with Crippen molar-refractivity contribution >= 4 is 18.3 Å². The Bertz CT molecular complexity index is 539. The summed E-state index contributed by atoms with van der Waals surface area (Å²) in [5.41, 5.74) is 7.21. The lowest BCUT2D eigenvalue weighted by atomic mass is 10.1. The molecule has 3 N–H and O–H groups in total. The summed E-state index contributed by atoms with van der Waals surface area (Å²) in [6.45, 7) is 2.14. The minimum Gasteiger partial charge on any atom is -0.346 e. The highest BCUT2D eigenvalue weighted by Gasteiger charge is 2.08. The number of amides is 1. The van der Waals surface area contributed by atoms with Gasteiger partial charge in [0.1, 0.15) is 0 Å². The lowest BCUT2D eigenvalue weighted by Gasteiger charge is -1.97. The smallest absolute Gasteiger partial charge is 0.246 e. The zero-order chi connectivity index (χ0) is 13.0. The van der Waals surface area contributed by atoms with Crippen molar-refractivity contribution in [1.82, 2.24) is 15.5 Å². The Morgan fingerprint density at radius 1 is 1.37 bits per heavy atom. The summed E-state index contributed by atoms with van der Waals surface area (Å²) in [4.78, 5) is 15.2. The summed E-state index contributed by atoms with van der Waals surface area (Å²) in [5.74, 6) is 0.601. The third-order valence-electron chi connectivity index (χ3n) is 2.40. The quantitative estimate of drug-likeness (QED) is 0.874. The van der Waals surface area contributed by atoms with Crippen molar-refractivity contribution in [3.8, 4) is 11.4 Å².